The molecule has 2 heterocycles. The number of rotatable bonds is 3. The van der Waals surface area contributed by atoms with Gasteiger partial charge in [-0.2, -0.15) is 5.10 Å². The molecule has 1 fully saturated rings. The average Bonchev–Trinajstić information content (AvgIpc) is 2.70. The van der Waals surface area contributed by atoms with Crippen molar-refractivity contribution in [3.05, 3.63) is 23.0 Å². The van der Waals surface area contributed by atoms with Gasteiger partial charge in [-0.25, -0.2) is 0 Å². The molecule has 0 saturated carbocycles. The molecule has 1 aliphatic rings. The van der Waals surface area contributed by atoms with E-state index in [1.54, 1.807) is 6.07 Å². The summed E-state index contributed by atoms with van der Waals surface area (Å²) in [6, 6.07) is 3.55. The summed E-state index contributed by atoms with van der Waals surface area (Å²) in [6.07, 6.45) is 1.38. The van der Waals surface area contributed by atoms with E-state index in [1.165, 1.54) is 0 Å². The highest BCUT2D eigenvalue weighted by Crippen LogP contribution is 2.07. The number of halogens is 1. The monoisotopic (exact) mass is 213 g/mol. The molecule has 0 unspecified atom stereocenters. The van der Waals surface area contributed by atoms with E-state index < -0.39 is 0 Å². The van der Waals surface area contributed by atoms with Crippen molar-refractivity contribution in [1.29, 1.82) is 0 Å². The summed E-state index contributed by atoms with van der Waals surface area (Å²) in [5.41, 5.74) is 0.821. The van der Waals surface area contributed by atoms with Crippen molar-refractivity contribution < 1.29 is 4.74 Å². The van der Waals surface area contributed by atoms with E-state index in [4.69, 9.17) is 16.3 Å². The van der Waals surface area contributed by atoms with Crippen LogP contribution in [0.1, 0.15) is 12.1 Å². The van der Waals surface area contributed by atoms with E-state index in [0.29, 0.717) is 17.9 Å². The van der Waals surface area contributed by atoms with Crippen LogP contribution in [-0.2, 0) is 11.3 Å². The van der Waals surface area contributed by atoms with Crippen molar-refractivity contribution >= 4 is 11.6 Å². The van der Waals surface area contributed by atoms with E-state index in [2.05, 4.69) is 15.5 Å². The summed E-state index contributed by atoms with van der Waals surface area (Å²) >= 11 is 5.61. The first-order chi connectivity index (χ1) is 6.84. The van der Waals surface area contributed by atoms with Crippen LogP contribution in [0.15, 0.2) is 12.1 Å². The number of hydrogen-bond acceptors (Lipinski definition) is 4. The molecule has 76 valence electrons. The fourth-order valence-electron chi connectivity index (χ4n) is 1.39. The van der Waals surface area contributed by atoms with Gasteiger partial charge >= 0.3 is 0 Å². The number of aromatic nitrogens is 2. The van der Waals surface area contributed by atoms with E-state index in [1.807, 2.05) is 6.07 Å². The molecule has 4 nitrogen and oxygen atoms in total. The molecule has 1 saturated heterocycles. The quantitative estimate of drug-likeness (QED) is 0.814. The van der Waals surface area contributed by atoms with Gasteiger partial charge in [0.15, 0.2) is 5.15 Å². The number of nitrogens with zero attached hydrogens (tertiary/aromatic N) is 2. The molecule has 14 heavy (non-hydrogen) atoms. The average molecular weight is 214 g/mol. The summed E-state index contributed by atoms with van der Waals surface area (Å²) in [7, 11) is 0. The van der Waals surface area contributed by atoms with Gasteiger partial charge in [0.2, 0.25) is 0 Å². The highest BCUT2D eigenvalue weighted by Gasteiger charge is 2.14. The Bertz CT molecular complexity index is 285. The topological polar surface area (TPSA) is 47.0 Å². The fourth-order valence-corrected chi connectivity index (χ4v) is 1.50. The third-order valence-electron chi connectivity index (χ3n) is 2.17. The zero-order valence-electron chi connectivity index (χ0n) is 7.74. The lowest BCUT2D eigenvalue weighted by atomic mass is 10.3. The molecule has 0 bridgehead atoms. The van der Waals surface area contributed by atoms with Crippen LogP contribution in [-0.4, -0.2) is 29.4 Å². The maximum atomic E-state index is 5.62. The maximum Gasteiger partial charge on any atom is 0.151 e. The van der Waals surface area contributed by atoms with E-state index in [9.17, 15) is 0 Å². The first-order valence-corrected chi connectivity index (χ1v) is 5.03. The lowest BCUT2D eigenvalue weighted by Gasteiger charge is -2.08. The Morgan fingerprint density at radius 3 is 3.07 bits per heavy atom. The summed E-state index contributed by atoms with van der Waals surface area (Å²) in [5.74, 6) is 0. The number of ether oxygens (including phenoxy) is 1. The van der Waals surface area contributed by atoms with Gasteiger partial charge in [-0.1, -0.05) is 11.6 Å². The molecule has 0 amide bonds. The van der Waals surface area contributed by atoms with Gasteiger partial charge in [0.25, 0.3) is 0 Å². The van der Waals surface area contributed by atoms with Crippen molar-refractivity contribution in [2.45, 2.75) is 19.1 Å². The molecule has 1 aromatic heterocycles. The molecular weight excluding hydrogens is 202 g/mol. The highest BCUT2D eigenvalue weighted by molar-refractivity contribution is 6.29. The van der Waals surface area contributed by atoms with Crippen LogP contribution in [0.25, 0.3) is 0 Å². The second-order valence-electron chi connectivity index (χ2n) is 3.27. The Balaban J connectivity index is 1.82. The maximum absolute atomic E-state index is 5.62. The molecule has 0 spiro atoms. The van der Waals surface area contributed by atoms with Crippen LogP contribution in [0.4, 0.5) is 0 Å². The normalized spacial score (nSPS) is 21.4. The molecule has 2 rings (SSSR count). The van der Waals surface area contributed by atoms with Gasteiger partial charge in [0.05, 0.1) is 18.4 Å². The lowest BCUT2D eigenvalue weighted by molar-refractivity contribution is 0.0518. The second kappa shape index (κ2) is 4.68. The first-order valence-electron chi connectivity index (χ1n) is 4.65. The largest absolute Gasteiger partial charge is 0.370 e. The smallest absolute Gasteiger partial charge is 0.151 e. The zero-order chi connectivity index (χ0) is 9.80. The SMILES string of the molecule is Clc1ccc(CO[C@@H]2CCNC2)nn1. The van der Waals surface area contributed by atoms with E-state index in [-0.39, 0.29) is 0 Å². The minimum atomic E-state index is 0.312. The minimum Gasteiger partial charge on any atom is -0.370 e. The summed E-state index contributed by atoms with van der Waals surface area (Å²) in [6.45, 7) is 2.48. The second-order valence-corrected chi connectivity index (χ2v) is 3.66. The van der Waals surface area contributed by atoms with Gasteiger partial charge in [-0.15, -0.1) is 5.10 Å². The van der Waals surface area contributed by atoms with Crippen molar-refractivity contribution in [2.24, 2.45) is 0 Å². The van der Waals surface area contributed by atoms with Crippen LogP contribution in [0, 0.1) is 0 Å². The molecule has 1 aliphatic heterocycles. The highest BCUT2D eigenvalue weighted by atomic mass is 35.5. The fraction of sp³-hybridized carbons (Fsp3) is 0.556. The summed E-state index contributed by atoms with van der Waals surface area (Å²) < 4.78 is 5.62. The predicted molar refractivity (Wildman–Crippen MR) is 53.1 cm³/mol. The minimum absolute atomic E-state index is 0.312. The summed E-state index contributed by atoms with van der Waals surface area (Å²) in [5, 5.41) is 11.3. The predicted octanol–water partition coefficient (Wildman–Crippen LogP) is 1.01. The van der Waals surface area contributed by atoms with Gasteiger partial charge in [0, 0.05) is 6.54 Å². The molecule has 0 aromatic carbocycles. The third kappa shape index (κ3) is 2.64. The molecule has 0 radical (unpaired) electrons. The molecule has 1 aromatic rings. The molecule has 1 N–H and O–H groups in total. The van der Waals surface area contributed by atoms with Gasteiger partial charge in [0.1, 0.15) is 0 Å². The van der Waals surface area contributed by atoms with Gasteiger partial charge in [-0.05, 0) is 25.1 Å². The van der Waals surface area contributed by atoms with Crippen LogP contribution in [0.5, 0.6) is 0 Å². The van der Waals surface area contributed by atoms with Crippen molar-refractivity contribution in [1.82, 2.24) is 15.5 Å². The Kier molecular flexibility index (Phi) is 3.29. The Morgan fingerprint density at radius 2 is 2.43 bits per heavy atom. The zero-order valence-corrected chi connectivity index (χ0v) is 8.50. The van der Waals surface area contributed by atoms with Crippen LogP contribution >= 0.6 is 11.6 Å². The third-order valence-corrected chi connectivity index (χ3v) is 2.37. The Hall–Kier alpha value is -0.710. The van der Waals surface area contributed by atoms with Crippen molar-refractivity contribution in [2.75, 3.05) is 13.1 Å². The Morgan fingerprint density at radius 1 is 1.50 bits per heavy atom. The summed E-state index contributed by atoms with van der Waals surface area (Å²) in [4.78, 5) is 0. The molecular formula is C9H12ClN3O. The van der Waals surface area contributed by atoms with Crippen molar-refractivity contribution in [3.8, 4) is 0 Å². The lowest BCUT2D eigenvalue weighted by Crippen LogP contribution is -2.16. The number of nitrogens with one attached hydrogen (secondary N) is 1. The standard InChI is InChI=1S/C9H12ClN3O/c10-9-2-1-7(12-13-9)6-14-8-3-4-11-5-8/h1-2,8,11H,3-6H2/t8-/m1/s1. The van der Waals surface area contributed by atoms with Crippen LogP contribution < -0.4 is 5.32 Å². The molecule has 1 atom stereocenters. The van der Waals surface area contributed by atoms with Crippen LogP contribution in [0.2, 0.25) is 5.15 Å². The van der Waals surface area contributed by atoms with E-state index >= 15 is 0 Å². The molecule has 5 heteroatoms. The Labute approximate surface area is 87.6 Å². The number of hydrogen-bond donors (Lipinski definition) is 1. The molecule has 0 aliphatic carbocycles. The van der Waals surface area contributed by atoms with Crippen LogP contribution in [0.3, 0.4) is 0 Å². The van der Waals surface area contributed by atoms with Gasteiger partial charge < -0.3 is 10.1 Å². The van der Waals surface area contributed by atoms with Crippen molar-refractivity contribution in [3.63, 3.8) is 0 Å². The van der Waals surface area contributed by atoms with Gasteiger partial charge in [-0.3, -0.25) is 0 Å². The first kappa shape index (κ1) is 9.83. The van der Waals surface area contributed by atoms with E-state index in [0.717, 1.165) is 25.2 Å².